The lowest BCUT2D eigenvalue weighted by Gasteiger charge is -2.11. The number of nitrogens with zero attached hydrogens (tertiary/aromatic N) is 4. The normalized spacial score (nSPS) is 18.6. The third-order valence-corrected chi connectivity index (χ3v) is 3.43. The molecule has 1 aliphatic rings. The van der Waals surface area contributed by atoms with E-state index in [-0.39, 0.29) is 0 Å². The van der Waals surface area contributed by atoms with Gasteiger partial charge in [0.2, 0.25) is 12.1 Å². The molecule has 0 N–H and O–H groups in total. The van der Waals surface area contributed by atoms with Crippen LogP contribution in [0.15, 0.2) is 30.7 Å². The smallest absolute Gasteiger partial charge is 0.231 e. The van der Waals surface area contributed by atoms with Crippen LogP contribution in [0.2, 0.25) is 0 Å². The Kier molecular flexibility index (Phi) is 2.42. The molecule has 0 spiro atoms. The van der Waals surface area contributed by atoms with Crippen LogP contribution < -0.4 is 4.57 Å². The number of pyridine rings is 1. The van der Waals surface area contributed by atoms with E-state index >= 15 is 0 Å². The Hall–Kier alpha value is -1.71. The molecule has 0 radical (unpaired) electrons. The van der Waals surface area contributed by atoms with Crippen LogP contribution in [0.25, 0.3) is 5.82 Å². The Morgan fingerprint density at radius 3 is 3.00 bits per heavy atom. The van der Waals surface area contributed by atoms with Crippen molar-refractivity contribution in [2.24, 2.45) is 5.92 Å². The maximum absolute atomic E-state index is 4.61. The zero-order valence-corrected chi connectivity index (χ0v) is 10.2. The molecular formula is C13H17N4+. The summed E-state index contributed by atoms with van der Waals surface area (Å²) in [5, 5.41) is 4.61. The van der Waals surface area contributed by atoms with Gasteiger partial charge in [0, 0.05) is 23.8 Å². The Bertz CT molecular complexity index is 515. The van der Waals surface area contributed by atoms with Crippen molar-refractivity contribution in [3.8, 4) is 5.82 Å². The second-order valence-corrected chi connectivity index (χ2v) is 4.92. The van der Waals surface area contributed by atoms with Crippen LogP contribution in [0.5, 0.6) is 0 Å². The number of aryl methyl sites for hydroxylation is 1. The summed E-state index contributed by atoms with van der Waals surface area (Å²) in [4.78, 5) is 4.32. The number of hydrogen-bond acceptors (Lipinski definition) is 2. The van der Waals surface area contributed by atoms with Gasteiger partial charge in [0.05, 0.1) is 6.04 Å². The first-order valence-corrected chi connectivity index (χ1v) is 6.17. The van der Waals surface area contributed by atoms with Crippen LogP contribution in [0.4, 0.5) is 0 Å². The highest BCUT2D eigenvalue weighted by atomic mass is 15.4. The van der Waals surface area contributed by atoms with Gasteiger partial charge in [0.15, 0.2) is 0 Å². The van der Waals surface area contributed by atoms with E-state index in [1.54, 1.807) is 6.20 Å². The third-order valence-electron chi connectivity index (χ3n) is 3.43. The molecule has 1 aliphatic heterocycles. The lowest BCUT2D eigenvalue weighted by Crippen LogP contribution is -2.38. The summed E-state index contributed by atoms with van der Waals surface area (Å²) in [6.07, 6.45) is 6.16. The Morgan fingerprint density at radius 1 is 1.41 bits per heavy atom. The highest BCUT2D eigenvalue weighted by molar-refractivity contribution is 5.18. The Morgan fingerprint density at radius 2 is 2.29 bits per heavy atom. The van der Waals surface area contributed by atoms with Gasteiger partial charge >= 0.3 is 0 Å². The molecule has 1 atom stereocenters. The quantitative estimate of drug-likeness (QED) is 0.735. The molecule has 88 valence electrons. The van der Waals surface area contributed by atoms with Crippen LogP contribution in [-0.2, 0) is 6.42 Å². The van der Waals surface area contributed by atoms with Crippen molar-refractivity contribution >= 4 is 0 Å². The number of aromatic nitrogens is 4. The van der Waals surface area contributed by atoms with Gasteiger partial charge in [-0.05, 0) is 18.4 Å². The van der Waals surface area contributed by atoms with Gasteiger partial charge in [0.25, 0.3) is 5.82 Å². The van der Waals surface area contributed by atoms with Gasteiger partial charge in [-0.3, -0.25) is 0 Å². The average Bonchev–Trinajstić information content (AvgIpc) is 2.88. The zero-order chi connectivity index (χ0) is 11.8. The highest BCUT2D eigenvalue weighted by Gasteiger charge is 2.33. The van der Waals surface area contributed by atoms with Crippen molar-refractivity contribution in [3.05, 3.63) is 36.5 Å². The summed E-state index contributed by atoms with van der Waals surface area (Å²) < 4.78 is 4.18. The molecule has 0 saturated heterocycles. The average molecular weight is 229 g/mol. The standard InChI is InChI=1S/C13H17N4/c1-10(2)11-6-7-13-15-17(9-16(11)13)12-5-3-4-8-14-12/h3-5,8-11H,6-7H2,1-2H3/q+1/t11-/m1/s1. The van der Waals surface area contributed by atoms with E-state index < -0.39 is 0 Å². The topological polar surface area (TPSA) is 34.6 Å². The summed E-state index contributed by atoms with van der Waals surface area (Å²) in [5.41, 5.74) is 0. The van der Waals surface area contributed by atoms with Crippen molar-refractivity contribution < 1.29 is 4.57 Å². The van der Waals surface area contributed by atoms with Gasteiger partial charge in [-0.2, -0.15) is 0 Å². The molecular weight excluding hydrogens is 212 g/mol. The first-order chi connectivity index (χ1) is 8.25. The first kappa shape index (κ1) is 10.4. The molecule has 4 nitrogen and oxygen atoms in total. The number of hydrogen-bond donors (Lipinski definition) is 0. The summed E-state index contributed by atoms with van der Waals surface area (Å²) in [5.74, 6) is 2.72. The van der Waals surface area contributed by atoms with E-state index in [1.807, 2.05) is 22.9 Å². The van der Waals surface area contributed by atoms with E-state index in [0.717, 1.165) is 12.2 Å². The highest BCUT2D eigenvalue weighted by Crippen LogP contribution is 2.23. The molecule has 3 rings (SSSR count). The zero-order valence-electron chi connectivity index (χ0n) is 10.2. The van der Waals surface area contributed by atoms with Crippen LogP contribution >= 0.6 is 0 Å². The van der Waals surface area contributed by atoms with Crippen molar-refractivity contribution in [1.82, 2.24) is 14.8 Å². The van der Waals surface area contributed by atoms with E-state index in [4.69, 9.17) is 0 Å². The molecule has 0 bridgehead atoms. The van der Waals surface area contributed by atoms with Crippen LogP contribution in [0.1, 0.15) is 32.1 Å². The van der Waals surface area contributed by atoms with E-state index in [2.05, 4.69) is 34.8 Å². The Labute approximate surface area is 101 Å². The number of fused-ring (bicyclic) bond motifs is 1. The minimum Gasteiger partial charge on any atom is -0.231 e. The molecule has 0 saturated carbocycles. The molecule has 2 aromatic rings. The summed E-state index contributed by atoms with van der Waals surface area (Å²) in [6.45, 7) is 4.54. The molecule has 3 heterocycles. The SMILES string of the molecule is CC(C)[C@H]1CCc2nn(-c3ccccn3)c[n+]21. The molecule has 0 amide bonds. The monoisotopic (exact) mass is 229 g/mol. The largest absolute Gasteiger partial charge is 0.278 e. The van der Waals surface area contributed by atoms with Gasteiger partial charge in [-0.15, -0.1) is 0 Å². The fourth-order valence-corrected chi connectivity index (χ4v) is 2.51. The maximum atomic E-state index is 4.61. The molecule has 4 heteroatoms. The summed E-state index contributed by atoms with van der Waals surface area (Å²) in [6, 6.07) is 6.47. The molecule has 17 heavy (non-hydrogen) atoms. The molecule has 0 fully saturated rings. The molecule has 0 unspecified atom stereocenters. The predicted molar refractivity (Wildman–Crippen MR) is 63.8 cm³/mol. The van der Waals surface area contributed by atoms with Gasteiger partial charge in [-0.1, -0.05) is 24.6 Å². The van der Waals surface area contributed by atoms with Crippen LogP contribution in [0, 0.1) is 5.92 Å². The fraction of sp³-hybridized carbons (Fsp3) is 0.462. The lowest BCUT2D eigenvalue weighted by atomic mass is 10.0. The third kappa shape index (κ3) is 1.73. The summed E-state index contributed by atoms with van der Waals surface area (Å²) in [7, 11) is 0. The maximum Gasteiger partial charge on any atom is 0.278 e. The second-order valence-electron chi connectivity index (χ2n) is 4.92. The fourth-order valence-electron chi connectivity index (χ4n) is 2.51. The predicted octanol–water partition coefficient (Wildman–Crippen LogP) is 1.70. The molecule has 2 aromatic heterocycles. The van der Waals surface area contributed by atoms with E-state index in [9.17, 15) is 0 Å². The van der Waals surface area contributed by atoms with Gasteiger partial charge in [-0.25, -0.2) is 9.55 Å². The van der Waals surface area contributed by atoms with Crippen molar-refractivity contribution in [2.75, 3.05) is 0 Å². The second kappa shape index (κ2) is 3.95. The van der Waals surface area contributed by atoms with E-state index in [0.29, 0.717) is 12.0 Å². The van der Waals surface area contributed by atoms with Crippen LogP contribution in [-0.4, -0.2) is 14.8 Å². The minimum atomic E-state index is 0.586. The molecule has 0 aromatic carbocycles. The van der Waals surface area contributed by atoms with Crippen LogP contribution in [0.3, 0.4) is 0 Å². The van der Waals surface area contributed by atoms with E-state index in [1.165, 1.54) is 12.2 Å². The summed E-state index contributed by atoms with van der Waals surface area (Å²) >= 11 is 0. The van der Waals surface area contributed by atoms with Gasteiger partial charge < -0.3 is 0 Å². The number of rotatable bonds is 2. The first-order valence-electron chi connectivity index (χ1n) is 6.17. The van der Waals surface area contributed by atoms with Crippen molar-refractivity contribution in [3.63, 3.8) is 0 Å². The van der Waals surface area contributed by atoms with Crippen molar-refractivity contribution in [2.45, 2.75) is 32.7 Å². The van der Waals surface area contributed by atoms with Crippen molar-refractivity contribution in [1.29, 1.82) is 0 Å². The lowest BCUT2D eigenvalue weighted by molar-refractivity contribution is -0.723. The molecule has 0 aliphatic carbocycles. The Balaban J connectivity index is 1.99. The van der Waals surface area contributed by atoms with Gasteiger partial charge in [0.1, 0.15) is 0 Å². The minimum absolute atomic E-state index is 0.586.